The van der Waals surface area contributed by atoms with Gasteiger partial charge in [-0.2, -0.15) is 0 Å². The van der Waals surface area contributed by atoms with Crippen LogP contribution < -0.4 is 5.32 Å². The van der Waals surface area contributed by atoms with Crippen molar-refractivity contribution in [2.24, 2.45) is 0 Å². The van der Waals surface area contributed by atoms with Crippen molar-refractivity contribution >= 4 is 0 Å². The van der Waals surface area contributed by atoms with Gasteiger partial charge in [0, 0.05) is 24.2 Å². The van der Waals surface area contributed by atoms with E-state index in [-0.39, 0.29) is 0 Å². The normalized spacial score (nSPS) is 13.6. The lowest BCUT2D eigenvalue weighted by atomic mass is 10.2. The molecule has 0 amide bonds. The smallest absolute Gasteiger partial charge is 0.122 e. The van der Waals surface area contributed by atoms with Crippen molar-refractivity contribution in [3.05, 3.63) is 23.7 Å². The fourth-order valence-electron chi connectivity index (χ4n) is 1.67. The number of furan rings is 1. The Bertz CT molecular complexity index is 320. The molecule has 1 heterocycles. The SMILES string of the molecule is CCC(C)N(C)Cc1occc1CNC(C)C. The number of hydrogen-bond donors (Lipinski definition) is 1. The Labute approximate surface area is 105 Å². The molecule has 0 saturated heterocycles. The first-order valence-electron chi connectivity index (χ1n) is 6.53. The zero-order valence-corrected chi connectivity index (χ0v) is 11.8. The van der Waals surface area contributed by atoms with Crippen molar-refractivity contribution in [1.82, 2.24) is 10.2 Å². The lowest BCUT2D eigenvalue weighted by Crippen LogP contribution is -2.28. The molecule has 1 aromatic rings. The molecule has 1 aromatic heterocycles. The predicted molar refractivity (Wildman–Crippen MR) is 71.9 cm³/mol. The molecule has 1 N–H and O–H groups in total. The van der Waals surface area contributed by atoms with E-state index in [1.807, 2.05) is 0 Å². The van der Waals surface area contributed by atoms with E-state index in [0.29, 0.717) is 12.1 Å². The van der Waals surface area contributed by atoms with Gasteiger partial charge in [0.25, 0.3) is 0 Å². The van der Waals surface area contributed by atoms with Crippen LogP contribution >= 0.6 is 0 Å². The molecular formula is C14H26N2O. The second kappa shape index (κ2) is 6.82. The second-order valence-electron chi connectivity index (χ2n) is 5.08. The summed E-state index contributed by atoms with van der Waals surface area (Å²) < 4.78 is 5.58. The second-order valence-corrected chi connectivity index (χ2v) is 5.08. The van der Waals surface area contributed by atoms with Crippen LogP contribution in [-0.4, -0.2) is 24.0 Å². The highest BCUT2D eigenvalue weighted by Crippen LogP contribution is 2.14. The fourth-order valence-corrected chi connectivity index (χ4v) is 1.67. The summed E-state index contributed by atoms with van der Waals surface area (Å²) in [5, 5.41) is 3.43. The zero-order chi connectivity index (χ0) is 12.8. The topological polar surface area (TPSA) is 28.4 Å². The van der Waals surface area contributed by atoms with Crippen molar-refractivity contribution in [2.45, 2.75) is 59.3 Å². The monoisotopic (exact) mass is 238 g/mol. The van der Waals surface area contributed by atoms with Gasteiger partial charge < -0.3 is 9.73 Å². The van der Waals surface area contributed by atoms with E-state index in [4.69, 9.17) is 4.42 Å². The van der Waals surface area contributed by atoms with Gasteiger partial charge in [-0.1, -0.05) is 20.8 Å². The van der Waals surface area contributed by atoms with Gasteiger partial charge in [0.2, 0.25) is 0 Å². The first-order valence-corrected chi connectivity index (χ1v) is 6.53. The molecule has 0 aliphatic carbocycles. The van der Waals surface area contributed by atoms with Crippen LogP contribution in [0.4, 0.5) is 0 Å². The van der Waals surface area contributed by atoms with Crippen LogP contribution in [0.25, 0.3) is 0 Å². The van der Waals surface area contributed by atoms with Gasteiger partial charge in [0.15, 0.2) is 0 Å². The van der Waals surface area contributed by atoms with Gasteiger partial charge in [0.1, 0.15) is 5.76 Å². The van der Waals surface area contributed by atoms with Gasteiger partial charge in [-0.05, 0) is 26.5 Å². The maximum absolute atomic E-state index is 5.58. The lowest BCUT2D eigenvalue weighted by Gasteiger charge is -2.22. The Hall–Kier alpha value is -0.800. The summed E-state index contributed by atoms with van der Waals surface area (Å²) >= 11 is 0. The molecule has 3 heteroatoms. The Balaban J connectivity index is 2.56. The molecule has 0 aliphatic rings. The van der Waals surface area contributed by atoms with Crippen LogP contribution in [-0.2, 0) is 13.1 Å². The molecule has 1 unspecified atom stereocenters. The van der Waals surface area contributed by atoms with Crippen LogP contribution in [0.5, 0.6) is 0 Å². The standard InChI is InChI=1S/C14H26N2O/c1-6-12(4)16(5)10-14-13(7-8-17-14)9-15-11(2)3/h7-8,11-12,15H,6,9-10H2,1-5H3. The van der Waals surface area contributed by atoms with Crippen LogP contribution in [0.1, 0.15) is 45.4 Å². The Kier molecular flexibility index (Phi) is 5.72. The summed E-state index contributed by atoms with van der Waals surface area (Å²) in [6.07, 6.45) is 2.95. The van der Waals surface area contributed by atoms with E-state index in [2.05, 4.69) is 51.0 Å². The Morgan fingerprint density at radius 1 is 1.35 bits per heavy atom. The third kappa shape index (κ3) is 4.52. The van der Waals surface area contributed by atoms with E-state index < -0.39 is 0 Å². The van der Waals surface area contributed by atoms with Crippen LogP contribution in [0.15, 0.2) is 16.7 Å². The van der Waals surface area contributed by atoms with Crippen LogP contribution in [0.3, 0.4) is 0 Å². The lowest BCUT2D eigenvalue weighted by molar-refractivity contribution is 0.224. The molecule has 17 heavy (non-hydrogen) atoms. The summed E-state index contributed by atoms with van der Waals surface area (Å²) in [6.45, 7) is 10.5. The van der Waals surface area contributed by atoms with E-state index in [1.54, 1.807) is 6.26 Å². The van der Waals surface area contributed by atoms with Gasteiger partial charge in [0.05, 0.1) is 12.8 Å². The molecule has 1 atom stereocenters. The van der Waals surface area contributed by atoms with Crippen LogP contribution in [0.2, 0.25) is 0 Å². The average Bonchev–Trinajstić information content (AvgIpc) is 2.72. The van der Waals surface area contributed by atoms with Crippen molar-refractivity contribution < 1.29 is 4.42 Å². The number of nitrogens with zero attached hydrogens (tertiary/aromatic N) is 1. The molecular weight excluding hydrogens is 212 g/mol. The molecule has 0 aliphatic heterocycles. The highest BCUT2D eigenvalue weighted by molar-refractivity contribution is 5.16. The fraction of sp³-hybridized carbons (Fsp3) is 0.714. The van der Waals surface area contributed by atoms with Crippen LogP contribution in [0, 0.1) is 0 Å². The maximum atomic E-state index is 5.58. The maximum Gasteiger partial charge on any atom is 0.122 e. The van der Waals surface area contributed by atoms with Gasteiger partial charge in [-0.25, -0.2) is 0 Å². The molecule has 0 bridgehead atoms. The summed E-state index contributed by atoms with van der Waals surface area (Å²) in [5.74, 6) is 1.08. The quantitative estimate of drug-likeness (QED) is 0.791. The first kappa shape index (κ1) is 14.3. The third-order valence-corrected chi connectivity index (χ3v) is 3.27. The van der Waals surface area contributed by atoms with E-state index >= 15 is 0 Å². The van der Waals surface area contributed by atoms with Gasteiger partial charge in [-0.3, -0.25) is 4.90 Å². The molecule has 3 nitrogen and oxygen atoms in total. The minimum atomic E-state index is 0.505. The van der Waals surface area contributed by atoms with Crippen molar-refractivity contribution in [2.75, 3.05) is 7.05 Å². The van der Waals surface area contributed by atoms with E-state index in [9.17, 15) is 0 Å². The molecule has 0 fully saturated rings. The first-order chi connectivity index (χ1) is 8.04. The Morgan fingerprint density at radius 2 is 2.06 bits per heavy atom. The van der Waals surface area contributed by atoms with E-state index in [0.717, 1.165) is 25.3 Å². The van der Waals surface area contributed by atoms with Crippen molar-refractivity contribution in [3.8, 4) is 0 Å². The number of rotatable bonds is 7. The minimum absolute atomic E-state index is 0.505. The molecule has 0 saturated carbocycles. The third-order valence-electron chi connectivity index (χ3n) is 3.27. The summed E-state index contributed by atoms with van der Waals surface area (Å²) in [4.78, 5) is 2.33. The number of hydrogen-bond acceptors (Lipinski definition) is 3. The average molecular weight is 238 g/mol. The minimum Gasteiger partial charge on any atom is -0.468 e. The van der Waals surface area contributed by atoms with Gasteiger partial charge in [-0.15, -0.1) is 0 Å². The molecule has 98 valence electrons. The predicted octanol–water partition coefficient (Wildman–Crippen LogP) is 3.01. The van der Waals surface area contributed by atoms with Gasteiger partial charge >= 0.3 is 0 Å². The summed E-state index contributed by atoms with van der Waals surface area (Å²) in [6, 6.07) is 3.16. The van der Waals surface area contributed by atoms with Crippen molar-refractivity contribution in [3.63, 3.8) is 0 Å². The zero-order valence-electron chi connectivity index (χ0n) is 11.8. The summed E-state index contributed by atoms with van der Waals surface area (Å²) in [7, 11) is 2.15. The largest absolute Gasteiger partial charge is 0.468 e. The molecule has 0 aromatic carbocycles. The molecule has 1 rings (SSSR count). The molecule has 0 radical (unpaired) electrons. The molecule has 0 spiro atoms. The van der Waals surface area contributed by atoms with E-state index in [1.165, 1.54) is 5.56 Å². The highest BCUT2D eigenvalue weighted by Gasteiger charge is 2.12. The summed E-state index contributed by atoms with van der Waals surface area (Å²) in [5.41, 5.74) is 1.27. The van der Waals surface area contributed by atoms with Crippen molar-refractivity contribution in [1.29, 1.82) is 0 Å². The highest BCUT2D eigenvalue weighted by atomic mass is 16.3. The Morgan fingerprint density at radius 3 is 2.65 bits per heavy atom. The number of nitrogens with one attached hydrogen (secondary N) is 1.